The molecule has 148 valence electrons. The van der Waals surface area contributed by atoms with Gasteiger partial charge in [0.25, 0.3) is 0 Å². The van der Waals surface area contributed by atoms with Gasteiger partial charge in [-0.1, -0.05) is 26.0 Å². The molecule has 0 bridgehead atoms. The lowest BCUT2D eigenvalue weighted by Crippen LogP contribution is -2.49. The van der Waals surface area contributed by atoms with Gasteiger partial charge in [-0.3, -0.25) is 0 Å². The summed E-state index contributed by atoms with van der Waals surface area (Å²) in [4.78, 5) is 7.18. The lowest BCUT2D eigenvalue weighted by atomic mass is 10.1. The zero-order valence-corrected chi connectivity index (χ0v) is 19.5. The maximum Gasteiger partial charge on any atom is 0.238 e. The van der Waals surface area contributed by atoms with Crippen LogP contribution in [-0.2, 0) is 16.6 Å². The number of sulfonamides is 1. The molecule has 0 spiro atoms. The van der Waals surface area contributed by atoms with E-state index in [4.69, 9.17) is 10.1 Å². The minimum absolute atomic E-state index is 0. The molecular formula is C17H29IN4O2S2. The molecule has 2 rings (SSSR count). The molecule has 1 aliphatic rings. The number of nitrogens with two attached hydrogens (primary N) is 1. The molecule has 26 heavy (non-hydrogen) atoms. The van der Waals surface area contributed by atoms with Gasteiger partial charge in [-0.25, -0.2) is 18.5 Å². The van der Waals surface area contributed by atoms with Gasteiger partial charge in [0.2, 0.25) is 10.0 Å². The first-order valence-electron chi connectivity index (χ1n) is 8.58. The number of primary sulfonamides is 1. The Kier molecular flexibility index (Phi) is 9.70. The van der Waals surface area contributed by atoms with Crippen molar-refractivity contribution in [1.29, 1.82) is 0 Å². The van der Waals surface area contributed by atoms with Gasteiger partial charge in [-0.15, -0.1) is 24.0 Å². The first-order chi connectivity index (χ1) is 11.8. The second-order valence-electron chi connectivity index (χ2n) is 6.46. The highest BCUT2D eigenvalue weighted by Gasteiger charge is 2.24. The van der Waals surface area contributed by atoms with Gasteiger partial charge in [0.1, 0.15) is 0 Å². The Morgan fingerprint density at radius 1 is 1.38 bits per heavy atom. The van der Waals surface area contributed by atoms with Crippen molar-refractivity contribution >= 4 is 51.7 Å². The Balaban J connectivity index is 0.00000338. The van der Waals surface area contributed by atoms with Crippen molar-refractivity contribution in [3.05, 3.63) is 29.8 Å². The molecule has 9 heteroatoms. The van der Waals surface area contributed by atoms with Crippen LogP contribution in [0.3, 0.4) is 0 Å². The third kappa shape index (κ3) is 6.90. The van der Waals surface area contributed by atoms with Crippen molar-refractivity contribution in [1.82, 2.24) is 10.2 Å². The molecule has 1 atom stereocenters. The Labute approximate surface area is 178 Å². The maximum atomic E-state index is 11.3. The Bertz CT molecular complexity index is 693. The second-order valence-corrected chi connectivity index (χ2v) is 9.37. The molecule has 1 fully saturated rings. The lowest BCUT2D eigenvalue weighted by Gasteiger charge is -2.36. The molecule has 0 aliphatic carbocycles. The average Bonchev–Trinajstić information content (AvgIpc) is 2.58. The molecule has 6 nitrogen and oxygen atoms in total. The summed E-state index contributed by atoms with van der Waals surface area (Å²) in [6.45, 7) is 9.90. The Morgan fingerprint density at radius 2 is 2.04 bits per heavy atom. The van der Waals surface area contributed by atoms with Crippen LogP contribution < -0.4 is 10.5 Å². The van der Waals surface area contributed by atoms with Gasteiger partial charge in [0.15, 0.2) is 5.96 Å². The van der Waals surface area contributed by atoms with Gasteiger partial charge < -0.3 is 10.2 Å². The van der Waals surface area contributed by atoms with Gasteiger partial charge >= 0.3 is 0 Å². The third-order valence-corrected chi connectivity index (χ3v) is 6.60. The number of hydrogen-bond acceptors (Lipinski definition) is 4. The fraction of sp³-hybridized carbons (Fsp3) is 0.588. The molecule has 1 heterocycles. The summed E-state index contributed by atoms with van der Waals surface area (Å²) in [6, 6.07) is 6.57. The first-order valence-corrected chi connectivity index (χ1v) is 11.2. The molecule has 1 aromatic carbocycles. The molecule has 0 aromatic heterocycles. The molecule has 0 saturated carbocycles. The van der Waals surface area contributed by atoms with Crippen LogP contribution in [0.15, 0.2) is 34.2 Å². The van der Waals surface area contributed by atoms with Gasteiger partial charge in [0.05, 0.1) is 11.4 Å². The van der Waals surface area contributed by atoms with Crippen LogP contribution in [0.2, 0.25) is 0 Å². The zero-order valence-electron chi connectivity index (χ0n) is 15.5. The van der Waals surface area contributed by atoms with Crippen LogP contribution in [0, 0.1) is 5.92 Å². The SMILES string of the molecule is CCNC(=NCc1ccc(S(N)(=O)=O)cc1)N1CCSC(C(C)C)C1.I. The Hall–Kier alpha value is -0.520. The summed E-state index contributed by atoms with van der Waals surface area (Å²) in [6.07, 6.45) is 0. The van der Waals surface area contributed by atoms with Crippen molar-refractivity contribution < 1.29 is 8.42 Å². The van der Waals surface area contributed by atoms with Crippen molar-refractivity contribution in [2.24, 2.45) is 16.0 Å². The summed E-state index contributed by atoms with van der Waals surface area (Å²) in [7, 11) is -3.65. The first kappa shape index (κ1) is 23.5. The standard InChI is InChI=1S/C17H28N4O2S2.HI/c1-4-19-17(21-9-10-24-16(12-21)13(2)3)20-11-14-5-7-15(8-6-14)25(18,22)23;/h5-8,13,16H,4,9-12H2,1-3H3,(H,19,20)(H2,18,22,23);1H. The summed E-state index contributed by atoms with van der Waals surface area (Å²) in [5.41, 5.74) is 0.953. The molecule has 1 aliphatic heterocycles. The molecule has 1 unspecified atom stereocenters. The number of benzene rings is 1. The number of hydrogen-bond donors (Lipinski definition) is 2. The number of nitrogens with one attached hydrogen (secondary N) is 1. The second kappa shape index (κ2) is 10.7. The highest BCUT2D eigenvalue weighted by Crippen LogP contribution is 2.25. The lowest BCUT2D eigenvalue weighted by molar-refractivity contribution is 0.381. The predicted molar refractivity (Wildman–Crippen MR) is 121 cm³/mol. The van der Waals surface area contributed by atoms with E-state index in [1.165, 1.54) is 12.1 Å². The van der Waals surface area contributed by atoms with Crippen LogP contribution in [-0.4, -0.2) is 49.9 Å². The number of nitrogens with zero attached hydrogens (tertiary/aromatic N) is 2. The summed E-state index contributed by atoms with van der Waals surface area (Å²) >= 11 is 2.04. The smallest absolute Gasteiger partial charge is 0.238 e. The molecular weight excluding hydrogens is 483 g/mol. The van der Waals surface area contributed by atoms with Crippen LogP contribution in [0.1, 0.15) is 26.3 Å². The largest absolute Gasteiger partial charge is 0.357 e. The molecule has 0 amide bonds. The van der Waals surface area contributed by atoms with E-state index in [9.17, 15) is 8.42 Å². The molecule has 3 N–H and O–H groups in total. The van der Waals surface area contributed by atoms with Crippen molar-refractivity contribution in [3.63, 3.8) is 0 Å². The molecule has 1 saturated heterocycles. The van der Waals surface area contributed by atoms with E-state index in [1.54, 1.807) is 12.1 Å². The summed E-state index contributed by atoms with van der Waals surface area (Å²) < 4.78 is 22.6. The van der Waals surface area contributed by atoms with Crippen LogP contribution >= 0.6 is 35.7 Å². The fourth-order valence-corrected chi connectivity index (χ4v) is 4.46. The number of aliphatic imine (C=N–C) groups is 1. The van der Waals surface area contributed by atoms with E-state index >= 15 is 0 Å². The van der Waals surface area contributed by atoms with E-state index in [1.807, 2.05) is 11.8 Å². The number of guanidine groups is 1. The highest BCUT2D eigenvalue weighted by molar-refractivity contribution is 14.0. The van der Waals surface area contributed by atoms with E-state index in [0.717, 1.165) is 36.9 Å². The van der Waals surface area contributed by atoms with E-state index in [-0.39, 0.29) is 28.9 Å². The quantitative estimate of drug-likeness (QED) is 0.360. The van der Waals surface area contributed by atoms with Gasteiger partial charge in [0, 0.05) is 30.6 Å². The number of thioether (sulfide) groups is 1. The summed E-state index contributed by atoms with van der Waals surface area (Å²) in [5.74, 6) is 2.67. The van der Waals surface area contributed by atoms with Crippen molar-refractivity contribution in [2.75, 3.05) is 25.4 Å². The van der Waals surface area contributed by atoms with Crippen LogP contribution in [0.4, 0.5) is 0 Å². The minimum atomic E-state index is -3.65. The number of halogens is 1. The topological polar surface area (TPSA) is 87.8 Å². The average molecular weight is 512 g/mol. The number of rotatable bonds is 5. The van der Waals surface area contributed by atoms with Crippen molar-refractivity contribution in [3.8, 4) is 0 Å². The van der Waals surface area contributed by atoms with E-state index in [0.29, 0.717) is 17.7 Å². The van der Waals surface area contributed by atoms with Gasteiger partial charge in [-0.05, 0) is 30.5 Å². The highest BCUT2D eigenvalue weighted by atomic mass is 127. The van der Waals surface area contributed by atoms with Crippen molar-refractivity contribution in [2.45, 2.75) is 37.5 Å². The normalized spacial score (nSPS) is 18.6. The monoisotopic (exact) mass is 512 g/mol. The third-order valence-electron chi connectivity index (χ3n) is 4.13. The van der Waals surface area contributed by atoms with Gasteiger partial charge in [-0.2, -0.15) is 11.8 Å². The molecule has 0 radical (unpaired) electrons. The molecule has 1 aromatic rings. The van der Waals surface area contributed by atoms with Crippen LogP contribution in [0.5, 0.6) is 0 Å². The van der Waals surface area contributed by atoms with Crippen LogP contribution in [0.25, 0.3) is 0 Å². The summed E-state index contributed by atoms with van der Waals surface area (Å²) in [5, 5.41) is 9.12. The maximum absolute atomic E-state index is 11.3. The predicted octanol–water partition coefficient (Wildman–Crippen LogP) is 2.49. The Morgan fingerprint density at radius 3 is 2.58 bits per heavy atom. The minimum Gasteiger partial charge on any atom is -0.357 e. The van der Waals surface area contributed by atoms with E-state index < -0.39 is 10.0 Å². The fourth-order valence-electron chi connectivity index (χ4n) is 2.65. The van der Waals surface area contributed by atoms with E-state index in [2.05, 4.69) is 31.0 Å². The zero-order chi connectivity index (χ0) is 18.4.